The molecule has 21 heavy (non-hydrogen) atoms. The van der Waals surface area contributed by atoms with Gasteiger partial charge in [0, 0.05) is 0 Å². The van der Waals surface area contributed by atoms with Gasteiger partial charge in [0.2, 0.25) is 5.91 Å². The SMILES string of the molecule is CCc1ccc2nc(NC(=O)Cn3cn[nH]c3=O)sc2c1. The molecule has 108 valence electrons. The number of aryl methyl sites for hydroxylation is 1. The zero-order chi connectivity index (χ0) is 14.8. The summed E-state index contributed by atoms with van der Waals surface area (Å²) in [6.45, 7) is 2.00. The molecule has 0 radical (unpaired) electrons. The lowest BCUT2D eigenvalue weighted by Crippen LogP contribution is -2.25. The highest BCUT2D eigenvalue weighted by Gasteiger charge is 2.10. The molecule has 0 spiro atoms. The summed E-state index contributed by atoms with van der Waals surface area (Å²) >= 11 is 1.42. The normalized spacial score (nSPS) is 10.9. The van der Waals surface area contributed by atoms with Crippen molar-refractivity contribution in [2.75, 3.05) is 5.32 Å². The van der Waals surface area contributed by atoms with Crippen molar-refractivity contribution in [3.8, 4) is 0 Å². The van der Waals surface area contributed by atoms with Crippen LogP contribution >= 0.6 is 11.3 Å². The van der Waals surface area contributed by atoms with Crippen molar-refractivity contribution in [1.82, 2.24) is 19.7 Å². The Hall–Kier alpha value is -2.48. The first-order valence-electron chi connectivity index (χ1n) is 6.45. The summed E-state index contributed by atoms with van der Waals surface area (Å²) in [4.78, 5) is 27.5. The van der Waals surface area contributed by atoms with Crippen LogP contribution in [0, 0.1) is 0 Å². The van der Waals surface area contributed by atoms with Crippen LogP contribution in [0.5, 0.6) is 0 Å². The Bertz CT molecular complexity index is 847. The van der Waals surface area contributed by atoms with E-state index in [0.29, 0.717) is 5.13 Å². The average molecular weight is 303 g/mol. The maximum atomic E-state index is 11.9. The quantitative estimate of drug-likeness (QED) is 0.761. The number of H-pyrrole nitrogens is 1. The molecule has 0 aliphatic heterocycles. The van der Waals surface area contributed by atoms with Gasteiger partial charge in [0.05, 0.1) is 10.2 Å². The Labute approximate surface area is 123 Å². The van der Waals surface area contributed by atoms with Gasteiger partial charge in [0.25, 0.3) is 0 Å². The monoisotopic (exact) mass is 303 g/mol. The summed E-state index contributed by atoms with van der Waals surface area (Å²) < 4.78 is 2.22. The Morgan fingerprint density at radius 1 is 1.48 bits per heavy atom. The predicted molar refractivity (Wildman–Crippen MR) is 80.5 cm³/mol. The summed E-state index contributed by atoms with van der Waals surface area (Å²) in [6.07, 6.45) is 2.24. The van der Waals surface area contributed by atoms with Crippen LogP contribution < -0.4 is 11.0 Å². The lowest BCUT2D eigenvalue weighted by atomic mass is 10.2. The van der Waals surface area contributed by atoms with Gasteiger partial charge in [-0.1, -0.05) is 24.3 Å². The van der Waals surface area contributed by atoms with Crippen molar-refractivity contribution >= 4 is 32.6 Å². The molecular weight excluding hydrogens is 290 g/mol. The highest BCUT2D eigenvalue weighted by atomic mass is 32.1. The molecule has 7 nitrogen and oxygen atoms in total. The van der Waals surface area contributed by atoms with Crippen molar-refractivity contribution in [2.45, 2.75) is 19.9 Å². The van der Waals surface area contributed by atoms with E-state index >= 15 is 0 Å². The van der Waals surface area contributed by atoms with E-state index in [-0.39, 0.29) is 12.5 Å². The molecule has 0 atom stereocenters. The summed E-state index contributed by atoms with van der Waals surface area (Å²) in [7, 11) is 0. The van der Waals surface area contributed by atoms with Gasteiger partial charge in [-0.05, 0) is 24.1 Å². The Kier molecular flexibility index (Phi) is 3.53. The van der Waals surface area contributed by atoms with Gasteiger partial charge in [0.15, 0.2) is 5.13 Å². The number of aromatic nitrogens is 4. The second-order valence-electron chi connectivity index (χ2n) is 4.51. The largest absolute Gasteiger partial charge is 0.343 e. The molecule has 3 aromatic rings. The van der Waals surface area contributed by atoms with E-state index in [1.807, 2.05) is 12.1 Å². The maximum absolute atomic E-state index is 11.9. The van der Waals surface area contributed by atoms with Crippen LogP contribution in [0.2, 0.25) is 0 Å². The average Bonchev–Trinajstić information content (AvgIpc) is 3.04. The first kappa shape index (κ1) is 13.5. The van der Waals surface area contributed by atoms with E-state index in [0.717, 1.165) is 16.6 Å². The zero-order valence-corrected chi connectivity index (χ0v) is 12.1. The minimum Gasteiger partial charge on any atom is -0.300 e. The number of hydrogen-bond donors (Lipinski definition) is 2. The van der Waals surface area contributed by atoms with Gasteiger partial charge in [0.1, 0.15) is 12.9 Å². The van der Waals surface area contributed by atoms with E-state index in [4.69, 9.17) is 0 Å². The number of nitrogens with one attached hydrogen (secondary N) is 2. The van der Waals surface area contributed by atoms with Gasteiger partial charge in [-0.2, -0.15) is 5.10 Å². The van der Waals surface area contributed by atoms with E-state index < -0.39 is 5.69 Å². The molecule has 2 N–H and O–H groups in total. The van der Waals surface area contributed by atoms with Crippen LogP contribution in [-0.4, -0.2) is 25.7 Å². The number of nitrogens with zero attached hydrogens (tertiary/aromatic N) is 3. The third kappa shape index (κ3) is 2.84. The highest BCUT2D eigenvalue weighted by molar-refractivity contribution is 7.22. The molecule has 0 aliphatic carbocycles. The third-order valence-electron chi connectivity index (χ3n) is 3.04. The maximum Gasteiger partial charge on any atom is 0.343 e. The Balaban J connectivity index is 1.77. The fourth-order valence-corrected chi connectivity index (χ4v) is 2.88. The first-order chi connectivity index (χ1) is 10.2. The minimum atomic E-state index is -0.415. The number of carbonyl (C=O) groups is 1. The first-order valence-corrected chi connectivity index (χ1v) is 7.26. The highest BCUT2D eigenvalue weighted by Crippen LogP contribution is 2.26. The molecule has 0 bridgehead atoms. The van der Waals surface area contributed by atoms with Gasteiger partial charge in [-0.25, -0.2) is 14.9 Å². The number of amides is 1. The van der Waals surface area contributed by atoms with E-state index in [9.17, 15) is 9.59 Å². The summed E-state index contributed by atoms with van der Waals surface area (Å²) in [5.41, 5.74) is 1.67. The minimum absolute atomic E-state index is 0.0918. The van der Waals surface area contributed by atoms with Gasteiger partial charge in [-0.15, -0.1) is 0 Å². The van der Waals surface area contributed by atoms with Crippen LogP contribution in [0.3, 0.4) is 0 Å². The number of rotatable bonds is 4. The van der Waals surface area contributed by atoms with Crippen LogP contribution in [-0.2, 0) is 17.8 Å². The van der Waals surface area contributed by atoms with Crippen molar-refractivity contribution in [3.05, 3.63) is 40.6 Å². The van der Waals surface area contributed by atoms with Crippen LogP contribution in [0.4, 0.5) is 5.13 Å². The van der Waals surface area contributed by atoms with Crippen LogP contribution in [0.1, 0.15) is 12.5 Å². The molecular formula is C13H13N5O2S. The van der Waals surface area contributed by atoms with Gasteiger partial charge < -0.3 is 5.32 Å². The predicted octanol–water partition coefficient (Wildman–Crippen LogP) is 1.38. The second-order valence-corrected chi connectivity index (χ2v) is 5.54. The Morgan fingerprint density at radius 2 is 2.33 bits per heavy atom. The van der Waals surface area contributed by atoms with Gasteiger partial charge in [-0.3, -0.25) is 9.36 Å². The Morgan fingerprint density at radius 3 is 3.05 bits per heavy atom. The zero-order valence-electron chi connectivity index (χ0n) is 11.3. The molecule has 2 heterocycles. The van der Waals surface area contributed by atoms with Crippen molar-refractivity contribution < 1.29 is 4.79 Å². The topological polar surface area (TPSA) is 92.7 Å². The standard InChI is InChI=1S/C13H13N5O2S/c1-2-8-3-4-9-10(5-8)21-12(15-9)16-11(19)6-18-7-14-17-13(18)20/h3-5,7H,2,6H2,1H3,(H,17,20)(H,15,16,19). The number of fused-ring (bicyclic) bond motifs is 1. The number of thiazole rings is 1. The van der Waals surface area contributed by atoms with Crippen molar-refractivity contribution in [1.29, 1.82) is 0 Å². The van der Waals surface area contributed by atoms with Crippen LogP contribution in [0.15, 0.2) is 29.3 Å². The van der Waals surface area contributed by atoms with Crippen molar-refractivity contribution in [2.24, 2.45) is 0 Å². The fraction of sp³-hybridized carbons (Fsp3) is 0.231. The summed E-state index contributed by atoms with van der Waals surface area (Å²) in [5, 5.41) is 9.03. The number of anilines is 1. The number of benzene rings is 1. The molecule has 1 aromatic carbocycles. The van der Waals surface area contributed by atoms with Gasteiger partial charge >= 0.3 is 5.69 Å². The summed E-state index contributed by atoms with van der Waals surface area (Å²) in [6, 6.07) is 6.04. The van der Waals surface area contributed by atoms with Crippen LogP contribution in [0.25, 0.3) is 10.2 Å². The fourth-order valence-electron chi connectivity index (χ4n) is 1.94. The molecule has 3 rings (SSSR count). The molecule has 1 amide bonds. The smallest absolute Gasteiger partial charge is 0.300 e. The molecule has 8 heteroatoms. The number of aromatic amines is 1. The van der Waals surface area contributed by atoms with E-state index in [1.54, 1.807) is 0 Å². The van der Waals surface area contributed by atoms with E-state index in [2.05, 4.69) is 33.5 Å². The molecule has 0 fully saturated rings. The second kappa shape index (κ2) is 5.49. The molecule has 0 aliphatic rings. The molecule has 0 unspecified atom stereocenters. The molecule has 0 saturated carbocycles. The lowest BCUT2D eigenvalue weighted by molar-refractivity contribution is -0.116. The number of carbonyl (C=O) groups excluding carboxylic acids is 1. The van der Waals surface area contributed by atoms with E-state index in [1.165, 1.54) is 27.8 Å². The third-order valence-corrected chi connectivity index (χ3v) is 3.97. The lowest BCUT2D eigenvalue weighted by Gasteiger charge is -2.00. The number of hydrogen-bond acceptors (Lipinski definition) is 5. The van der Waals surface area contributed by atoms with Crippen molar-refractivity contribution in [3.63, 3.8) is 0 Å². The molecule has 2 aromatic heterocycles. The summed E-state index contributed by atoms with van der Waals surface area (Å²) in [5.74, 6) is -0.312. The molecule has 0 saturated heterocycles.